The molecule has 0 bridgehead atoms. The van der Waals surface area contributed by atoms with Crippen molar-refractivity contribution >= 4 is 54.9 Å². The van der Waals surface area contributed by atoms with Crippen LogP contribution in [0.1, 0.15) is 5.56 Å². The largest absolute Gasteiger partial charge is 0.277 e. The van der Waals surface area contributed by atoms with Gasteiger partial charge < -0.3 is 0 Å². The molecular weight excluding hydrogens is 344 g/mol. The van der Waals surface area contributed by atoms with Gasteiger partial charge >= 0.3 is 0 Å². The number of hydrogen-bond donors (Lipinski definition) is 0. The Labute approximate surface area is 158 Å². The van der Waals surface area contributed by atoms with Gasteiger partial charge in [-0.3, -0.25) is 8.80 Å². The molecule has 0 atom stereocenters. The monoisotopic (exact) mass is 356 g/mol. The summed E-state index contributed by atoms with van der Waals surface area (Å²) in [5, 5.41) is 14.3. The van der Waals surface area contributed by atoms with Gasteiger partial charge in [-0.05, 0) is 47.2 Å². The van der Waals surface area contributed by atoms with Crippen LogP contribution >= 0.6 is 0 Å². The summed E-state index contributed by atoms with van der Waals surface area (Å²) in [4.78, 5) is 4.93. The van der Waals surface area contributed by atoms with E-state index in [2.05, 4.69) is 57.3 Å². The van der Waals surface area contributed by atoms with Gasteiger partial charge in [0.2, 0.25) is 5.78 Å². The van der Waals surface area contributed by atoms with Gasteiger partial charge in [-0.25, -0.2) is 4.98 Å². The molecule has 7 aromatic rings. The van der Waals surface area contributed by atoms with E-state index in [0.29, 0.717) is 5.56 Å². The molecule has 0 spiro atoms. The van der Waals surface area contributed by atoms with Gasteiger partial charge in [0, 0.05) is 10.8 Å². The fourth-order valence-corrected chi connectivity index (χ4v) is 4.65. The quantitative estimate of drug-likeness (QED) is 0.360. The highest BCUT2D eigenvalue weighted by Crippen LogP contribution is 2.38. The molecule has 0 saturated heterocycles. The smallest absolute Gasteiger partial charge is 0.220 e. The Morgan fingerprint density at radius 2 is 1.50 bits per heavy atom. The van der Waals surface area contributed by atoms with E-state index in [9.17, 15) is 5.26 Å². The van der Waals surface area contributed by atoms with E-state index in [1.165, 1.54) is 10.8 Å². The van der Waals surface area contributed by atoms with Gasteiger partial charge in [0.15, 0.2) is 0 Å². The van der Waals surface area contributed by atoms with Gasteiger partial charge in [0.05, 0.1) is 39.2 Å². The normalized spacial score (nSPS) is 12.2. The Hall–Kier alpha value is -4.10. The van der Waals surface area contributed by atoms with Crippen molar-refractivity contribution in [1.82, 2.24) is 13.8 Å². The van der Waals surface area contributed by atoms with Gasteiger partial charge in [-0.15, -0.1) is 0 Å². The summed E-state index contributed by atoms with van der Waals surface area (Å²) >= 11 is 0. The van der Waals surface area contributed by atoms with Crippen molar-refractivity contribution in [3.63, 3.8) is 0 Å². The topological polar surface area (TPSA) is 45.5 Å². The highest BCUT2D eigenvalue weighted by Gasteiger charge is 2.21. The van der Waals surface area contributed by atoms with Crippen LogP contribution in [0, 0.1) is 11.3 Å². The maximum atomic E-state index is 9.65. The van der Waals surface area contributed by atoms with Crippen molar-refractivity contribution in [2.24, 2.45) is 0 Å². The van der Waals surface area contributed by atoms with E-state index in [0.717, 1.165) is 44.1 Å². The molecule has 0 aliphatic carbocycles. The fraction of sp³-hybridized carbons (Fsp3) is 0. The molecule has 0 N–H and O–H groups in total. The Kier molecular flexibility index (Phi) is 2.30. The molecule has 28 heavy (non-hydrogen) atoms. The number of hydrogen-bond acceptors (Lipinski definition) is 2. The zero-order valence-corrected chi connectivity index (χ0v) is 14.7. The summed E-state index contributed by atoms with van der Waals surface area (Å²) in [5.41, 5.74) is 5.96. The van der Waals surface area contributed by atoms with Crippen molar-refractivity contribution in [3.8, 4) is 6.07 Å². The lowest BCUT2D eigenvalue weighted by atomic mass is 10.0. The summed E-state index contributed by atoms with van der Waals surface area (Å²) in [6.45, 7) is 0. The number of para-hydroxylation sites is 2. The van der Waals surface area contributed by atoms with Crippen LogP contribution in [-0.2, 0) is 0 Å². The molecule has 7 rings (SSSR count). The van der Waals surface area contributed by atoms with Crippen molar-refractivity contribution in [3.05, 3.63) is 78.4 Å². The SMILES string of the molecule is N#Cc1cc2c3cc4ccccc4cc3n3c2c(c1)n1c2ccccc2nc13. The number of fused-ring (bicyclic) bond motifs is 9. The third kappa shape index (κ3) is 1.50. The maximum absolute atomic E-state index is 9.65. The average molecular weight is 356 g/mol. The highest BCUT2D eigenvalue weighted by molar-refractivity contribution is 6.18. The third-order valence-electron chi connectivity index (χ3n) is 5.82. The number of aromatic nitrogens is 3. The van der Waals surface area contributed by atoms with Crippen LogP contribution in [0.2, 0.25) is 0 Å². The summed E-state index contributed by atoms with van der Waals surface area (Å²) in [5.74, 6) is 0.890. The third-order valence-corrected chi connectivity index (χ3v) is 5.82. The minimum Gasteiger partial charge on any atom is -0.277 e. The standard InChI is InChI=1S/C24H12N4/c25-13-14-9-18-17-11-15-5-1-2-6-16(15)12-21(17)28-23(18)22(10-14)27-20-8-4-3-7-19(20)26-24(27)28/h1-12H. The number of rotatable bonds is 0. The second-order valence-corrected chi connectivity index (χ2v) is 7.29. The molecule has 0 fully saturated rings. The molecule has 0 amide bonds. The van der Waals surface area contributed by atoms with Crippen LogP contribution in [0.5, 0.6) is 0 Å². The maximum Gasteiger partial charge on any atom is 0.220 e. The van der Waals surface area contributed by atoms with E-state index in [1.54, 1.807) is 0 Å². The first kappa shape index (κ1) is 14.0. The van der Waals surface area contributed by atoms with E-state index in [-0.39, 0.29) is 0 Å². The average Bonchev–Trinajstić information content (AvgIpc) is 3.36. The zero-order chi connectivity index (χ0) is 18.4. The van der Waals surface area contributed by atoms with Crippen molar-refractivity contribution in [2.75, 3.05) is 0 Å². The zero-order valence-electron chi connectivity index (χ0n) is 14.7. The molecule has 0 unspecified atom stereocenters. The summed E-state index contributed by atoms with van der Waals surface area (Å²) in [6.07, 6.45) is 0. The van der Waals surface area contributed by atoms with Gasteiger partial charge in [0.25, 0.3) is 0 Å². The molecule has 3 aromatic heterocycles. The number of nitrogens with zero attached hydrogens (tertiary/aromatic N) is 4. The lowest BCUT2D eigenvalue weighted by molar-refractivity contribution is 1.22. The molecule has 3 heterocycles. The van der Waals surface area contributed by atoms with Crippen LogP contribution in [0.4, 0.5) is 0 Å². The number of imidazole rings is 2. The van der Waals surface area contributed by atoms with Crippen LogP contribution < -0.4 is 0 Å². The van der Waals surface area contributed by atoms with Crippen molar-refractivity contribution in [1.29, 1.82) is 5.26 Å². The second kappa shape index (κ2) is 4.59. The molecular formula is C24H12N4. The predicted molar refractivity (Wildman–Crippen MR) is 112 cm³/mol. The van der Waals surface area contributed by atoms with E-state index < -0.39 is 0 Å². The Bertz CT molecular complexity index is 1780. The molecule has 4 aromatic carbocycles. The minimum absolute atomic E-state index is 0.667. The van der Waals surface area contributed by atoms with Crippen LogP contribution in [-0.4, -0.2) is 13.8 Å². The van der Waals surface area contributed by atoms with Gasteiger partial charge in [-0.2, -0.15) is 5.26 Å². The predicted octanol–water partition coefficient (Wildman–Crippen LogP) is 5.51. The molecule has 128 valence electrons. The first-order valence-electron chi connectivity index (χ1n) is 9.23. The lowest BCUT2D eigenvalue weighted by Crippen LogP contribution is -1.85. The van der Waals surface area contributed by atoms with Gasteiger partial charge in [0.1, 0.15) is 0 Å². The van der Waals surface area contributed by atoms with E-state index in [4.69, 9.17) is 4.98 Å². The molecule has 0 aliphatic rings. The van der Waals surface area contributed by atoms with Crippen molar-refractivity contribution < 1.29 is 0 Å². The van der Waals surface area contributed by atoms with E-state index >= 15 is 0 Å². The van der Waals surface area contributed by atoms with Crippen LogP contribution in [0.15, 0.2) is 72.8 Å². The number of benzene rings is 4. The number of nitriles is 1. The van der Waals surface area contributed by atoms with Crippen molar-refractivity contribution in [2.45, 2.75) is 0 Å². The Balaban J connectivity index is 1.88. The van der Waals surface area contributed by atoms with Gasteiger partial charge in [-0.1, -0.05) is 36.4 Å². The second-order valence-electron chi connectivity index (χ2n) is 7.29. The summed E-state index contributed by atoms with van der Waals surface area (Å²) in [6, 6.07) is 27.3. The lowest BCUT2D eigenvalue weighted by Gasteiger charge is -2.00. The fourth-order valence-electron chi connectivity index (χ4n) is 4.65. The highest BCUT2D eigenvalue weighted by atomic mass is 15.2. The van der Waals surface area contributed by atoms with E-state index in [1.807, 2.05) is 30.3 Å². The minimum atomic E-state index is 0.667. The summed E-state index contributed by atoms with van der Waals surface area (Å²) < 4.78 is 4.42. The molecule has 0 saturated carbocycles. The first-order valence-corrected chi connectivity index (χ1v) is 9.23. The Morgan fingerprint density at radius 1 is 0.714 bits per heavy atom. The van der Waals surface area contributed by atoms with Crippen LogP contribution in [0.25, 0.3) is 54.9 Å². The Morgan fingerprint density at radius 3 is 2.36 bits per heavy atom. The molecule has 0 aliphatic heterocycles. The molecule has 0 radical (unpaired) electrons. The molecule has 4 heteroatoms. The summed E-state index contributed by atoms with van der Waals surface area (Å²) in [7, 11) is 0. The van der Waals surface area contributed by atoms with Crippen LogP contribution in [0.3, 0.4) is 0 Å². The first-order chi connectivity index (χ1) is 13.8. The molecule has 4 nitrogen and oxygen atoms in total.